The van der Waals surface area contributed by atoms with E-state index in [0.717, 1.165) is 28.9 Å². The zero-order chi connectivity index (χ0) is 16.8. The summed E-state index contributed by atoms with van der Waals surface area (Å²) >= 11 is 0. The molecule has 2 aliphatic heterocycles. The Bertz CT molecular complexity index is 859. The molecule has 0 atom stereocenters. The molecule has 6 heteroatoms. The van der Waals surface area contributed by atoms with Crippen molar-refractivity contribution in [2.45, 2.75) is 19.3 Å². The lowest BCUT2D eigenvalue weighted by molar-refractivity contribution is -0.118. The molecule has 2 aromatic rings. The smallest absolute Gasteiger partial charge is 0.261 e. The Morgan fingerprint density at radius 3 is 2.42 bits per heavy atom. The van der Waals surface area contributed by atoms with E-state index in [0.29, 0.717) is 31.5 Å². The number of amides is 2. The minimum absolute atomic E-state index is 0.117. The van der Waals surface area contributed by atoms with E-state index in [-0.39, 0.29) is 5.91 Å². The first kappa shape index (κ1) is 14.8. The molecule has 0 radical (unpaired) electrons. The molecule has 0 saturated heterocycles. The highest BCUT2D eigenvalue weighted by atomic mass is 19.1. The fraction of sp³-hybridized carbons (Fsp3) is 0.222. The molecule has 0 aliphatic carbocycles. The van der Waals surface area contributed by atoms with Gasteiger partial charge in [0.05, 0.1) is 5.69 Å². The highest BCUT2D eigenvalue weighted by molar-refractivity contribution is 6.05. The van der Waals surface area contributed by atoms with Crippen LogP contribution in [0.1, 0.15) is 27.9 Å². The molecule has 2 heterocycles. The summed E-state index contributed by atoms with van der Waals surface area (Å²) in [5.74, 6) is -2.50. The Morgan fingerprint density at radius 1 is 1.04 bits per heavy atom. The Balaban J connectivity index is 1.67. The number of rotatable bonds is 2. The van der Waals surface area contributed by atoms with Crippen molar-refractivity contribution in [2.75, 3.05) is 16.8 Å². The minimum atomic E-state index is -0.897. The molecule has 2 amide bonds. The standard InChI is InChI=1S/C18H14F2N2O2/c19-13-2-1-3-14(20)16(13)18(24)21-12-8-10-4-5-15(23)22-7-6-11(9-12)17(10)22/h1-3,8-9H,4-7H2,(H,21,24). The number of hydrogen-bond donors (Lipinski definition) is 1. The second-order valence-electron chi connectivity index (χ2n) is 5.99. The van der Waals surface area contributed by atoms with Gasteiger partial charge in [-0.25, -0.2) is 8.78 Å². The van der Waals surface area contributed by atoms with Crippen LogP contribution in [0.15, 0.2) is 30.3 Å². The molecular weight excluding hydrogens is 314 g/mol. The monoisotopic (exact) mass is 328 g/mol. The fourth-order valence-corrected chi connectivity index (χ4v) is 3.44. The zero-order valence-corrected chi connectivity index (χ0v) is 12.7. The Labute approximate surface area is 137 Å². The maximum absolute atomic E-state index is 13.7. The van der Waals surface area contributed by atoms with Crippen LogP contribution in [-0.2, 0) is 17.6 Å². The maximum atomic E-state index is 13.7. The number of anilines is 2. The predicted octanol–water partition coefficient (Wildman–Crippen LogP) is 3.05. The Kier molecular flexibility index (Phi) is 3.33. The van der Waals surface area contributed by atoms with Gasteiger partial charge in [-0.2, -0.15) is 0 Å². The lowest BCUT2D eigenvalue weighted by atomic mass is 9.98. The van der Waals surface area contributed by atoms with Crippen molar-refractivity contribution in [3.05, 3.63) is 58.7 Å². The molecule has 0 unspecified atom stereocenters. The van der Waals surface area contributed by atoms with Crippen molar-refractivity contribution in [1.29, 1.82) is 0 Å². The SMILES string of the molecule is O=C(Nc1cc2c3c(c1)CCN3C(=O)CC2)c1c(F)cccc1F. The largest absolute Gasteiger partial charge is 0.322 e. The lowest BCUT2D eigenvalue weighted by Gasteiger charge is -2.25. The molecule has 0 saturated carbocycles. The van der Waals surface area contributed by atoms with Gasteiger partial charge in [-0.1, -0.05) is 6.07 Å². The summed E-state index contributed by atoms with van der Waals surface area (Å²) in [4.78, 5) is 25.9. The van der Waals surface area contributed by atoms with Gasteiger partial charge in [0.2, 0.25) is 5.91 Å². The average Bonchev–Trinajstić information content (AvgIpc) is 2.96. The molecule has 2 aromatic carbocycles. The highest BCUT2D eigenvalue weighted by Gasteiger charge is 2.31. The summed E-state index contributed by atoms with van der Waals surface area (Å²) in [5.41, 5.74) is 2.79. The van der Waals surface area contributed by atoms with Crippen LogP contribution in [0.3, 0.4) is 0 Å². The number of carbonyl (C=O) groups is 2. The molecule has 4 nitrogen and oxygen atoms in total. The number of benzene rings is 2. The molecule has 0 aromatic heterocycles. The zero-order valence-electron chi connectivity index (χ0n) is 12.7. The van der Waals surface area contributed by atoms with Crippen molar-refractivity contribution >= 4 is 23.2 Å². The molecule has 0 spiro atoms. The lowest BCUT2D eigenvalue weighted by Crippen LogP contribution is -2.32. The highest BCUT2D eigenvalue weighted by Crippen LogP contribution is 2.38. The summed E-state index contributed by atoms with van der Waals surface area (Å²) in [6.45, 7) is 0.639. The van der Waals surface area contributed by atoms with E-state index in [1.165, 1.54) is 6.07 Å². The second-order valence-corrected chi connectivity index (χ2v) is 5.99. The first-order valence-corrected chi connectivity index (χ1v) is 7.76. The first-order chi connectivity index (χ1) is 11.5. The van der Waals surface area contributed by atoms with Crippen molar-refractivity contribution in [1.82, 2.24) is 0 Å². The van der Waals surface area contributed by atoms with Crippen LogP contribution in [0.5, 0.6) is 0 Å². The van der Waals surface area contributed by atoms with Gasteiger partial charge in [-0.15, -0.1) is 0 Å². The average molecular weight is 328 g/mol. The number of halogens is 2. The summed E-state index contributed by atoms with van der Waals surface area (Å²) in [6, 6.07) is 6.86. The third-order valence-electron chi connectivity index (χ3n) is 4.50. The Hall–Kier alpha value is -2.76. The Morgan fingerprint density at radius 2 is 1.71 bits per heavy atom. The molecule has 1 N–H and O–H groups in total. The second kappa shape index (κ2) is 5.40. The molecule has 0 fully saturated rings. The topological polar surface area (TPSA) is 49.4 Å². The van der Waals surface area contributed by atoms with Crippen LogP contribution in [0.4, 0.5) is 20.2 Å². The third kappa shape index (κ3) is 2.26. The van der Waals surface area contributed by atoms with Crippen LogP contribution < -0.4 is 10.2 Å². The van der Waals surface area contributed by atoms with E-state index in [1.807, 2.05) is 0 Å². The first-order valence-electron chi connectivity index (χ1n) is 7.76. The summed E-state index contributed by atoms with van der Waals surface area (Å²) in [7, 11) is 0. The molecular formula is C18H14F2N2O2. The molecule has 4 rings (SSSR count). The number of hydrogen-bond acceptors (Lipinski definition) is 2. The van der Waals surface area contributed by atoms with Crippen LogP contribution in [0.2, 0.25) is 0 Å². The van der Waals surface area contributed by atoms with Gasteiger partial charge >= 0.3 is 0 Å². The quantitative estimate of drug-likeness (QED) is 0.921. The predicted molar refractivity (Wildman–Crippen MR) is 85.1 cm³/mol. The van der Waals surface area contributed by atoms with Gasteiger partial charge in [0.1, 0.15) is 17.2 Å². The molecule has 2 aliphatic rings. The van der Waals surface area contributed by atoms with Crippen LogP contribution in [0, 0.1) is 11.6 Å². The van der Waals surface area contributed by atoms with Gasteiger partial charge in [0.15, 0.2) is 0 Å². The summed E-state index contributed by atoms with van der Waals surface area (Å²) in [6.07, 6.45) is 1.76. The van der Waals surface area contributed by atoms with E-state index >= 15 is 0 Å². The number of nitrogens with one attached hydrogen (secondary N) is 1. The van der Waals surface area contributed by atoms with E-state index in [9.17, 15) is 18.4 Å². The number of nitrogens with zero attached hydrogens (tertiary/aromatic N) is 1. The van der Waals surface area contributed by atoms with Crippen molar-refractivity contribution < 1.29 is 18.4 Å². The fourth-order valence-electron chi connectivity index (χ4n) is 3.44. The maximum Gasteiger partial charge on any atom is 0.261 e. The van der Waals surface area contributed by atoms with E-state index in [1.54, 1.807) is 17.0 Å². The van der Waals surface area contributed by atoms with Crippen LogP contribution in [0.25, 0.3) is 0 Å². The third-order valence-corrected chi connectivity index (χ3v) is 4.50. The van der Waals surface area contributed by atoms with Gasteiger partial charge in [0, 0.05) is 18.7 Å². The van der Waals surface area contributed by atoms with Crippen LogP contribution in [-0.4, -0.2) is 18.4 Å². The normalized spacial score (nSPS) is 15.4. The van der Waals surface area contributed by atoms with E-state index in [2.05, 4.69) is 5.32 Å². The van der Waals surface area contributed by atoms with Gasteiger partial charge in [-0.05, 0) is 48.2 Å². The van der Waals surface area contributed by atoms with E-state index in [4.69, 9.17) is 0 Å². The number of carbonyl (C=O) groups excluding carboxylic acids is 2. The van der Waals surface area contributed by atoms with Crippen molar-refractivity contribution in [2.24, 2.45) is 0 Å². The summed E-state index contributed by atoms with van der Waals surface area (Å²) in [5, 5.41) is 2.57. The molecule has 24 heavy (non-hydrogen) atoms. The minimum Gasteiger partial charge on any atom is -0.322 e. The van der Waals surface area contributed by atoms with E-state index < -0.39 is 23.1 Å². The van der Waals surface area contributed by atoms with Gasteiger partial charge in [-0.3, -0.25) is 9.59 Å². The number of aryl methyl sites for hydroxylation is 1. The van der Waals surface area contributed by atoms with Gasteiger partial charge < -0.3 is 10.2 Å². The van der Waals surface area contributed by atoms with Crippen molar-refractivity contribution in [3.63, 3.8) is 0 Å². The summed E-state index contributed by atoms with van der Waals surface area (Å²) < 4.78 is 27.5. The molecule has 0 bridgehead atoms. The molecule has 122 valence electrons. The van der Waals surface area contributed by atoms with Gasteiger partial charge in [0.25, 0.3) is 5.91 Å². The van der Waals surface area contributed by atoms with Crippen LogP contribution >= 0.6 is 0 Å². The van der Waals surface area contributed by atoms with Crippen molar-refractivity contribution in [3.8, 4) is 0 Å².